The number of rotatable bonds is 8. The minimum atomic E-state index is -0.395. The fourth-order valence-corrected chi connectivity index (χ4v) is 6.34. The van der Waals surface area contributed by atoms with Crippen LogP contribution in [0.5, 0.6) is 11.5 Å². The molecule has 1 saturated heterocycles. The molecule has 1 aliphatic heterocycles. The molecule has 6 rings (SSSR count). The quantitative estimate of drug-likeness (QED) is 0.360. The van der Waals surface area contributed by atoms with Gasteiger partial charge in [-0.3, -0.25) is 14.6 Å². The predicted molar refractivity (Wildman–Crippen MR) is 153 cm³/mol. The van der Waals surface area contributed by atoms with E-state index in [-0.39, 0.29) is 5.56 Å². The van der Waals surface area contributed by atoms with Crippen LogP contribution >= 0.6 is 0 Å². The molecule has 2 aliphatic rings. The number of aromatic amines is 1. The summed E-state index contributed by atoms with van der Waals surface area (Å²) < 4.78 is 12.8. The zero-order valence-electron chi connectivity index (χ0n) is 23.3. The zero-order valence-corrected chi connectivity index (χ0v) is 23.3. The topological polar surface area (TPSA) is 101 Å². The Hall–Kier alpha value is -3.76. The number of piperazine rings is 1. The molecule has 0 amide bonds. The van der Waals surface area contributed by atoms with Gasteiger partial charge in [0.2, 0.25) is 0 Å². The van der Waals surface area contributed by atoms with E-state index in [2.05, 4.69) is 42.4 Å². The molecule has 1 saturated carbocycles. The average molecular weight is 544 g/mol. The summed E-state index contributed by atoms with van der Waals surface area (Å²) in [6.45, 7) is 4.14. The highest BCUT2D eigenvalue weighted by atomic mass is 16.5. The highest BCUT2D eigenvalue weighted by Gasteiger charge is 2.34. The molecule has 210 valence electrons. The molecule has 0 spiro atoms. The SMILES string of the molecule is COc1cc2cc(C(c3nnnn3Cc3ccccc3)N3CCN(C4CCCCC4)CC3)c(=O)[nH]c2cc1OC. The van der Waals surface area contributed by atoms with Gasteiger partial charge in [-0.1, -0.05) is 49.6 Å². The molecule has 2 fully saturated rings. The normalized spacial score (nSPS) is 18.1. The van der Waals surface area contributed by atoms with Crippen molar-refractivity contribution in [2.24, 2.45) is 0 Å². The fourth-order valence-electron chi connectivity index (χ4n) is 6.34. The van der Waals surface area contributed by atoms with Crippen molar-refractivity contribution in [3.63, 3.8) is 0 Å². The molecule has 40 heavy (non-hydrogen) atoms. The van der Waals surface area contributed by atoms with Crippen LogP contribution in [0, 0.1) is 0 Å². The largest absolute Gasteiger partial charge is 0.493 e. The van der Waals surface area contributed by atoms with E-state index >= 15 is 0 Å². The first-order valence-electron chi connectivity index (χ1n) is 14.2. The Labute approximate surface area is 233 Å². The van der Waals surface area contributed by atoms with Crippen molar-refractivity contribution in [2.75, 3.05) is 40.4 Å². The minimum absolute atomic E-state index is 0.159. The van der Waals surface area contributed by atoms with E-state index in [1.54, 1.807) is 20.3 Å². The number of aromatic nitrogens is 5. The van der Waals surface area contributed by atoms with Crippen molar-refractivity contribution in [3.05, 3.63) is 75.8 Å². The van der Waals surface area contributed by atoms with E-state index in [1.807, 2.05) is 35.0 Å². The summed E-state index contributed by atoms with van der Waals surface area (Å²) in [5, 5.41) is 13.8. The van der Waals surface area contributed by atoms with Gasteiger partial charge >= 0.3 is 0 Å². The molecule has 0 bridgehead atoms. The number of tetrazole rings is 1. The second-order valence-corrected chi connectivity index (χ2v) is 10.8. The summed E-state index contributed by atoms with van der Waals surface area (Å²) in [4.78, 5) is 21.8. The minimum Gasteiger partial charge on any atom is -0.493 e. The number of nitrogens with zero attached hydrogens (tertiary/aromatic N) is 6. The fraction of sp³-hybridized carbons (Fsp3) is 0.467. The van der Waals surface area contributed by atoms with Crippen molar-refractivity contribution >= 4 is 10.9 Å². The Kier molecular flexibility index (Phi) is 7.79. The standard InChI is InChI=1S/C30H37N7O3/c1-39-26-18-22-17-24(30(38)31-25(22)19-27(26)40-2)28(29-32-33-34-37(29)20-21-9-5-3-6-10-21)36-15-13-35(14-16-36)23-11-7-4-8-12-23/h3,5-6,9-10,17-19,23,28H,4,7-8,11-16,20H2,1-2H3,(H,31,38). The maximum atomic E-state index is 13.7. The molecule has 10 nitrogen and oxygen atoms in total. The number of methoxy groups -OCH3 is 2. The lowest BCUT2D eigenvalue weighted by molar-refractivity contribution is 0.0618. The molecule has 3 heterocycles. The van der Waals surface area contributed by atoms with E-state index in [0.29, 0.717) is 41.0 Å². The first-order valence-corrected chi connectivity index (χ1v) is 14.2. The molecule has 1 N–H and O–H groups in total. The monoisotopic (exact) mass is 543 g/mol. The third kappa shape index (κ3) is 5.33. The van der Waals surface area contributed by atoms with E-state index in [9.17, 15) is 4.79 Å². The Morgan fingerprint density at radius 3 is 2.40 bits per heavy atom. The molecule has 2 aromatic heterocycles. The van der Waals surface area contributed by atoms with Gasteiger partial charge in [0.15, 0.2) is 17.3 Å². The van der Waals surface area contributed by atoms with Crippen LogP contribution < -0.4 is 15.0 Å². The van der Waals surface area contributed by atoms with Crippen molar-refractivity contribution in [1.82, 2.24) is 35.0 Å². The van der Waals surface area contributed by atoms with E-state index in [4.69, 9.17) is 9.47 Å². The number of pyridine rings is 1. The number of nitrogens with one attached hydrogen (secondary N) is 1. The molecule has 1 unspecified atom stereocenters. The van der Waals surface area contributed by atoms with Gasteiger partial charge in [0.1, 0.15) is 6.04 Å². The predicted octanol–water partition coefficient (Wildman–Crippen LogP) is 3.62. The number of benzene rings is 2. The highest BCUT2D eigenvalue weighted by Crippen LogP contribution is 2.34. The number of H-pyrrole nitrogens is 1. The lowest BCUT2D eigenvalue weighted by Crippen LogP contribution is -2.52. The van der Waals surface area contributed by atoms with Gasteiger partial charge in [-0.25, -0.2) is 4.68 Å². The first-order chi connectivity index (χ1) is 19.6. The highest BCUT2D eigenvalue weighted by molar-refractivity contribution is 5.83. The summed E-state index contributed by atoms with van der Waals surface area (Å²) >= 11 is 0. The molecular weight excluding hydrogens is 506 g/mol. The van der Waals surface area contributed by atoms with Crippen LogP contribution in [0.1, 0.15) is 55.1 Å². The zero-order chi connectivity index (χ0) is 27.5. The van der Waals surface area contributed by atoms with Crippen molar-refractivity contribution in [2.45, 2.75) is 50.7 Å². The summed E-state index contributed by atoms with van der Waals surface area (Å²) in [6, 6.07) is 16.1. The Morgan fingerprint density at radius 1 is 0.950 bits per heavy atom. The van der Waals surface area contributed by atoms with Crippen LogP contribution in [0.15, 0.2) is 53.3 Å². The van der Waals surface area contributed by atoms with E-state index in [0.717, 1.165) is 37.1 Å². The lowest BCUT2D eigenvalue weighted by atomic mass is 9.93. The number of hydrogen-bond acceptors (Lipinski definition) is 8. The molecule has 1 aliphatic carbocycles. The van der Waals surface area contributed by atoms with Crippen molar-refractivity contribution in [3.8, 4) is 11.5 Å². The lowest BCUT2D eigenvalue weighted by Gasteiger charge is -2.43. The van der Waals surface area contributed by atoms with E-state index in [1.165, 1.54) is 32.1 Å². The van der Waals surface area contributed by atoms with Crippen LogP contribution in [-0.4, -0.2) is 81.4 Å². The molecule has 10 heteroatoms. The maximum Gasteiger partial charge on any atom is 0.253 e. The average Bonchev–Trinajstić information content (AvgIpc) is 3.45. The summed E-state index contributed by atoms with van der Waals surface area (Å²) in [5.41, 5.74) is 2.25. The van der Waals surface area contributed by atoms with Crippen molar-refractivity contribution < 1.29 is 9.47 Å². The van der Waals surface area contributed by atoms with Gasteiger partial charge in [-0.05, 0) is 41.0 Å². The molecule has 2 aromatic carbocycles. The number of ether oxygens (including phenoxy) is 2. The Balaban J connectivity index is 1.39. The summed E-state index contributed by atoms with van der Waals surface area (Å²) in [6.07, 6.45) is 6.57. The van der Waals surface area contributed by atoms with Crippen LogP contribution in [0.2, 0.25) is 0 Å². The van der Waals surface area contributed by atoms with Gasteiger partial charge in [0, 0.05) is 49.2 Å². The van der Waals surface area contributed by atoms with Gasteiger partial charge in [0.05, 0.1) is 26.3 Å². The molecule has 0 radical (unpaired) electrons. The van der Waals surface area contributed by atoms with Gasteiger partial charge in [0.25, 0.3) is 5.56 Å². The summed E-state index contributed by atoms with van der Waals surface area (Å²) in [5.74, 6) is 1.85. The Morgan fingerprint density at radius 2 is 1.68 bits per heavy atom. The summed E-state index contributed by atoms with van der Waals surface area (Å²) in [7, 11) is 3.20. The first kappa shape index (κ1) is 26.5. The third-order valence-electron chi connectivity index (χ3n) is 8.46. The molecular formula is C30H37N7O3. The van der Waals surface area contributed by atoms with Gasteiger partial charge in [-0.2, -0.15) is 0 Å². The van der Waals surface area contributed by atoms with E-state index < -0.39 is 6.04 Å². The molecule has 1 atom stereocenters. The van der Waals surface area contributed by atoms with Gasteiger partial charge in [-0.15, -0.1) is 5.10 Å². The number of hydrogen-bond donors (Lipinski definition) is 1. The van der Waals surface area contributed by atoms with Gasteiger partial charge < -0.3 is 14.5 Å². The maximum absolute atomic E-state index is 13.7. The second-order valence-electron chi connectivity index (χ2n) is 10.8. The third-order valence-corrected chi connectivity index (χ3v) is 8.46. The van der Waals surface area contributed by atoms with Crippen LogP contribution in [0.3, 0.4) is 0 Å². The van der Waals surface area contributed by atoms with Crippen LogP contribution in [-0.2, 0) is 6.54 Å². The van der Waals surface area contributed by atoms with Crippen molar-refractivity contribution in [1.29, 1.82) is 0 Å². The second kappa shape index (κ2) is 11.8. The number of fused-ring (bicyclic) bond motifs is 1. The molecule has 4 aromatic rings. The Bertz CT molecular complexity index is 1490. The van der Waals surface area contributed by atoms with Crippen LogP contribution in [0.25, 0.3) is 10.9 Å². The van der Waals surface area contributed by atoms with Crippen LogP contribution in [0.4, 0.5) is 0 Å². The smallest absolute Gasteiger partial charge is 0.253 e.